The number of ether oxygens (including phenoxy) is 5. The molecule has 2 unspecified atom stereocenters. The number of nitrogens with zero attached hydrogens (tertiary/aromatic N) is 1. The van der Waals surface area contributed by atoms with Gasteiger partial charge in [-0.05, 0) is 143 Å². The number of aliphatic hydroxyl groups excluding tert-OH is 1. The number of aliphatic hydroxyl groups is 2. The number of allylic oxidation sites excluding steroid dienone is 7. The van der Waals surface area contributed by atoms with E-state index in [1.165, 1.54) is 4.90 Å². The van der Waals surface area contributed by atoms with Gasteiger partial charge >= 0.3 is 5.97 Å². The molecule has 13 nitrogen and oxygen atoms in total. The second-order valence-corrected chi connectivity index (χ2v) is 21.1. The summed E-state index contributed by atoms with van der Waals surface area (Å²) in [6.45, 7) is 15.8. The minimum atomic E-state index is -1.92. The molecule has 1 saturated heterocycles. The quantitative estimate of drug-likeness (QED) is 0.168. The number of fused-ring (bicyclic) bond motifs is 3. The number of esters is 1. The van der Waals surface area contributed by atoms with Crippen molar-refractivity contribution in [3.63, 3.8) is 0 Å². The number of ketones is 3. The lowest BCUT2D eigenvalue weighted by Gasteiger charge is -2.43. The van der Waals surface area contributed by atoms with Crippen molar-refractivity contribution < 1.29 is 57.9 Å². The molecule has 2 heterocycles. The van der Waals surface area contributed by atoms with Crippen molar-refractivity contribution in [2.24, 2.45) is 47.3 Å². The van der Waals surface area contributed by atoms with Crippen LogP contribution in [0.15, 0.2) is 47.6 Å². The summed E-state index contributed by atoms with van der Waals surface area (Å²) in [6.07, 6.45) is 16.6. The number of carbonyl (C=O) groups excluding carboxylic acids is 5. The Morgan fingerprint density at radius 3 is 2.26 bits per heavy atom. The first-order valence-electron chi connectivity index (χ1n) is 25.7. The van der Waals surface area contributed by atoms with E-state index in [-0.39, 0.29) is 110 Å². The largest absolute Gasteiger partial charge is 0.460 e. The van der Waals surface area contributed by atoms with E-state index < -0.39 is 47.4 Å². The number of hydrogen-bond donors (Lipinski definition) is 2. The number of Topliss-reactive ketones (excluding diaryl/α,β-unsaturated/α-hetero) is 3. The molecule has 15 atom stereocenters. The van der Waals surface area contributed by atoms with Crippen molar-refractivity contribution in [3.8, 4) is 0 Å². The summed E-state index contributed by atoms with van der Waals surface area (Å²) < 4.78 is 29.9. The van der Waals surface area contributed by atoms with Crippen LogP contribution in [0.3, 0.4) is 0 Å². The molecule has 2 saturated carbocycles. The first-order chi connectivity index (χ1) is 32.3. The topological polar surface area (TPSA) is 175 Å². The number of hydrogen-bond acceptors (Lipinski definition) is 12. The first-order valence-corrected chi connectivity index (χ1v) is 25.7. The van der Waals surface area contributed by atoms with E-state index in [1.54, 1.807) is 28.3 Å². The molecule has 0 spiro atoms. The van der Waals surface area contributed by atoms with Crippen LogP contribution in [0.2, 0.25) is 0 Å². The molecule has 2 aliphatic heterocycles. The van der Waals surface area contributed by atoms with Crippen LogP contribution in [-0.4, -0.2) is 128 Å². The van der Waals surface area contributed by atoms with Gasteiger partial charge in [0.15, 0.2) is 11.6 Å². The molecule has 1 amide bonds. The van der Waals surface area contributed by atoms with Crippen molar-refractivity contribution in [3.05, 3.63) is 47.6 Å². The Hall–Kier alpha value is -3.33. The van der Waals surface area contributed by atoms with E-state index in [0.717, 1.165) is 24.8 Å². The van der Waals surface area contributed by atoms with Gasteiger partial charge in [-0.1, -0.05) is 78.0 Å². The number of methoxy groups -OCH3 is 3. The van der Waals surface area contributed by atoms with Crippen LogP contribution in [0, 0.1) is 47.3 Å². The molecular formula is C55H87NO12. The lowest BCUT2D eigenvalue weighted by Crippen LogP contribution is -2.59. The Kier molecular flexibility index (Phi) is 23.0. The summed E-state index contributed by atoms with van der Waals surface area (Å²) in [6, 6.07) is -1.06. The lowest BCUT2D eigenvalue weighted by molar-refractivity contribution is -0.171. The van der Waals surface area contributed by atoms with Gasteiger partial charge in [-0.2, -0.15) is 0 Å². The summed E-state index contributed by atoms with van der Waals surface area (Å²) in [5.41, 5.74) is -0.448. The minimum Gasteiger partial charge on any atom is -0.460 e. The van der Waals surface area contributed by atoms with E-state index in [0.29, 0.717) is 50.5 Å². The average molecular weight is 954 g/mol. The maximum Gasteiger partial charge on any atom is 0.329 e. The lowest BCUT2D eigenvalue weighted by atomic mass is 9.67. The predicted octanol–water partition coefficient (Wildman–Crippen LogP) is 8.14. The van der Waals surface area contributed by atoms with Crippen LogP contribution in [0.25, 0.3) is 0 Å². The fraction of sp³-hybridized carbons (Fsp3) is 0.764. The van der Waals surface area contributed by atoms with Gasteiger partial charge in [-0.3, -0.25) is 19.2 Å². The Morgan fingerprint density at radius 2 is 1.59 bits per heavy atom. The second kappa shape index (κ2) is 27.3. The highest BCUT2D eigenvalue weighted by Crippen LogP contribution is 2.42. The number of carbonyl (C=O) groups is 5. The molecule has 4 aliphatic rings. The SMILES string of the molecule is CO[C@H]1C[C@@H]2CC[C@@H](C)[C@@](O)(C2)C(=O)C(=O)N2CCCC[C@H]2C(=O)OC([C@H](C)C[C@@H]2CC[C@@H](OCCO)[C@H](OC)C2)CC(=O)C(C)=CC(C)[C@@H](C)[C@@H](OC)C(=O)[C@H](C)C[C@H](C)C=CC=CC=C1C. The molecule has 68 heavy (non-hydrogen) atoms. The molecule has 384 valence electrons. The van der Waals surface area contributed by atoms with E-state index in [9.17, 15) is 34.2 Å². The number of amides is 1. The third kappa shape index (κ3) is 15.3. The van der Waals surface area contributed by atoms with E-state index in [1.807, 2.05) is 71.9 Å². The smallest absolute Gasteiger partial charge is 0.329 e. The Bertz CT molecular complexity index is 1800. The normalized spacial score (nSPS) is 36.7. The van der Waals surface area contributed by atoms with Gasteiger partial charge in [0.1, 0.15) is 23.9 Å². The molecule has 13 heteroatoms. The second-order valence-electron chi connectivity index (χ2n) is 21.1. The van der Waals surface area contributed by atoms with Crippen molar-refractivity contribution >= 4 is 29.2 Å². The van der Waals surface area contributed by atoms with E-state index >= 15 is 0 Å². The third-order valence-electron chi connectivity index (χ3n) is 16.0. The summed E-state index contributed by atoms with van der Waals surface area (Å²) in [5.74, 6) is -3.91. The van der Waals surface area contributed by atoms with E-state index in [4.69, 9.17) is 23.7 Å². The van der Waals surface area contributed by atoms with Gasteiger partial charge in [-0.15, -0.1) is 0 Å². The zero-order valence-electron chi connectivity index (χ0n) is 43.3. The number of rotatable bonds is 9. The van der Waals surface area contributed by atoms with Crippen LogP contribution in [0.5, 0.6) is 0 Å². The molecule has 2 N–H and O–H groups in total. The molecule has 0 aromatic carbocycles. The van der Waals surface area contributed by atoms with Crippen molar-refractivity contribution in [1.29, 1.82) is 0 Å². The van der Waals surface area contributed by atoms with Crippen LogP contribution >= 0.6 is 0 Å². The van der Waals surface area contributed by atoms with Gasteiger partial charge in [0.2, 0.25) is 0 Å². The van der Waals surface area contributed by atoms with Gasteiger partial charge in [-0.25, -0.2) is 4.79 Å². The molecular weight excluding hydrogens is 867 g/mol. The van der Waals surface area contributed by atoms with Crippen molar-refractivity contribution in [2.45, 2.75) is 181 Å². The highest BCUT2D eigenvalue weighted by molar-refractivity contribution is 6.39. The summed E-state index contributed by atoms with van der Waals surface area (Å²) in [7, 11) is 4.85. The fourth-order valence-electron chi connectivity index (χ4n) is 11.3. The highest BCUT2D eigenvalue weighted by Gasteiger charge is 2.51. The van der Waals surface area contributed by atoms with Crippen LogP contribution in [-0.2, 0) is 47.7 Å². The Balaban J connectivity index is 1.70. The Labute approximate surface area is 407 Å². The first kappa shape index (κ1) is 57.3. The highest BCUT2D eigenvalue weighted by atomic mass is 16.5. The van der Waals surface area contributed by atoms with Gasteiger partial charge < -0.3 is 38.8 Å². The summed E-state index contributed by atoms with van der Waals surface area (Å²) in [5, 5.41) is 21.6. The summed E-state index contributed by atoms with van der Waals surface area (Å²) >= 11 is 0. The molecule has 0 aromatic rings. The molecule has 3 fully saturated rings. The third-order valence-corrected chi connectivity index (χ3v) is 16.0. The van der Waals surface area contributed by atoms with Crippen LogP contribution in [0.4, 0.5) is 0 Å². The predicted molar refractivity (Wildman–Crippen MR) is 262 cm³/mol. The monoisotopic (exact) mass is 954 g/mol. The fourth-order valence-corrected chi connectivity index (χ4v) is 11.3. The van der Waals surface area contributed by atoms with E-state index in [2.05, 4.69) is 13.0 Å². The number of piperidine rings is 1. The Morgan fingerprint density at radius 1 is 0.853 bits per heavy atom. The van der Waals surface area contributed by atoms with Crippen LogP contribution in [0.1, 0.15) is 139 Å². The van der Waals surface area contributed by atoms with Gasteiger partial charge in [0.05, 0.1) is 31.5 Å². The van der Waals surface area contributed by atoms with Gasteiger partial charge in [0, 0.05) is 40.2 Å². The average Bonchev–Trinajstić information content (AvgIpc) is 3.32. The van der Waals surface area contributed by atoms with Crippen LogP contribution < -0.4 is 0 Å². The van der Waals surface area contributed by atoms with Crippen molar-refractivity contribution in [1.82, 2.24) is 4.90 Å². The molecule has 2 aliphatic carbocycles. The zero-order chi connectivity index (χ0) is 50.3. The molecule has 0 aromatic heterocycles. The van der Waals surface area contributed by atoms with Crippen molar-refractivity contribution in [2.75, 3.05) is 41.1 Å². The number of cyclic esters (lactones) is 1. The molecule has 4 rings (SSSR count). The standard InChI is InChI=1S/C55H87NO12/c1-34-17-13-12-14-18-35(2)47(64-9)31-43-21-20-40(7)55(63,33-43)52(60)53(61)56-24-16-15-19-44(56)54(62)68-48(38(5)29-42-22-23-46(67-26-25-57)49(30-42)65-10)32-45(58)37(4)28-36(3)41(8)51(66-11)50(59)39(6)27-34/h12-14,17-18,28,34,36,38-44,46-49,51,57,63H,15-16,19-27,29-33H2,1-11H3/t34-,36?,38-,39-,40-,41-,42+,43+,44+,46-,47+,48?,49-,51-,55+/m1/s1. The van der Waals surface area contributed by atoms with Gasteiger partial charge in [0.25, 0.3) is 11.7 Å². The molecule has 0 radical (unpaired) electrons. The maximum atomic E-state index is 14.5. The summed E-state index contributed by atoms with van der Waals surface area (Å²) in [4.78, 5) is 72.8. The minimum absolute atomic E-state index is 0.0152. The zero-order valence-corrected chi connectivity index (χ0v) is 43.3. The maximum absolute atomic E-state index is 14.5. The molecule has 2 bridgehead atoms.